The van der Waals surface area contributed by atoms with Crippen LogP contribution in [0.3, 0.4) is 0 Å². The number of fused-ring (bicyclic) bond motifs is 1. The number of imidazole rings is 1. The Labute approximate surface area is 101 Å². The first-order valence-corrected chi connectivity index (χ1v) is 5.56. The van der Waals surface area contributed by atoms with Gasteiger partial charge in [0.1, 0.15) is 0 Å². The molecule has 0 amide bonds. The van der Waals surface area contributed by atoms with Crippen molar-refractivity contribution >= 4 is 22.6 Å². The van der Waals surface area contributed by atoms with Crippen LogP contribution in [0.25, 0.3) is 11.0 Å². The Morgan fingerprint density at radius 3 is 2.71 bits per heavy atom. The third kappa shape index (κ3) is 1.76. The second-order valence-electron chi connectivity index (χ2n) is 3.80. The number of nitrogens with one attached hydrogen (secondary N) is 2. The Morgan fingerprint density at radius 2 is 1.94 bits per heavy atom. The van der Waals surface area contributed by atoms with Gasteiger partial charge < -0.3 is 14.4 Å². The average molecular weight is 249 g/mol. The summed E-state index contributed by atoms with van der Waals surface area (Å²) in [4.78, 5) is 16.5. The van der Waals surface area contributed by atoms with E-state index in [1.165, 1.54) is 0 Å². The molecule has 0 aliphatic heterocycles. The Hall–Kier alpha value is -1.94. The highest BCUT2D eigenvalue weighted by Crippen LogP contribution is 2.30. The van der Waals surface area contributed by atoms with Gasteiger partial charge in [0.2, 0.25) is 0 Å². The summed E-state index contributed by atoms with van der Waals surface area (Å²) in [7, 11) is 0. The molecule has 0 aliphatic carbocycles. The van der Waals surface area contributed by atoms with E-state index >= 15 is 0 Å². The maximum absolute atomic E-state index is 11.1. The molecule has 3 aromatic rings. The zero-order chi connectivity index (χ0) is 11.8. The molecule has 0 saturated heterocycles. The summed E-state index contributed by atoms with van der Waals surface area (Å²) in [6.07, 6.45) is 3.20. The van der Waals surface area contributed by atoms with E-state index in [1.807, 2.05) is 24.3 Å². The molecule has 1 unspecified atom stereocenters. The Bertz CT molecular complexity index is 697. The van der Waals surface area contributed by atoms with E-state index in [4.69, 9.17) is 16.0 Å². The number of benzene rings is 1. The monoisotopic (exact) mass is 248 g/mol. The molecule has 0 radical (unpaired) electrons. The van der Waals surface area contributed by atoms with Gasteiger partial charge in [0.25, 0.3) is 0 Å². The minimum atomic E-state index is -0.281. The van der Waals surface area contributed by atoms with E-state index in [9.17, 15) is 4.79 Å². The van der Waals surface area contributed by atoms with Crippen molar-refractivity contribution in [2.45, 2.75) is 5.38 Å². The average Bonchev–Trinajstić information content (AvgIpc) is 2.94. The van der Waals surface area contributed by atoms with Gasteiger partial charge in [-0.2, -0.15) is 0 Å². The molecule has 0 aliphatic rings. The molecule has 1 atom stereocenters. The number of alkyl halides is 1. The normalized spacial score (nSPS) is 13.0. The molecule has 4 nitrogen and oxygen atoms in total. The molecule has 0 fully saturated rings. The van der Waals surface area contributed by atoms with Crippen LogP contribution in [0.2, 0.25) is 0 Å². The largest absolute Gasteiger partial charge is 0.472 e. The quantitative estimate of drug-likeness (QED) is 0.685. The van der Waals surface area contributed by atoms with E-state index in [0.717, 1.165) is 22.2 Å². The first-order chi connectivity index (χ1) is 8.24. The fourth-order valence-corrected chi connectivity index (χ4v) is 2.08. The van der Waals surface area contributed by atoms with Crippen LogP contribution >= 0.6 is 11.6 Å². The van der Waals surface area contributed by atoms with Crippen molar-refractivity contribution in [3.05, 3.63) is 58.4 Å². The van der Waals surface area contributed by atoms with Crippen LogP contribution in [0, 0.1) is 0 Å². The molecular weight excluding hydrogens is 240 g/mol. The SMILES string of the molecule is O=c1[nH]c2ccc(C(Cl)c3ccoc3)cc2[nH]1. The second kappa shape index (κ2) is 3.82. The van der Waals surface area contributed by atoms with Crippen LogP contribution in [-0.2, 0) is 0 Å². The van der Waals surface area contributed by atoms with Gasteiger partial charge in [-0.15, -0.1) is 11.6 Å². The third-order valence-electron chi connectivity index (χ3n) is 2.67. The smallest absolute Gasteiger partial charge is 0.323 e. The highest BCUT2D eigenvalue weighted by molar-refractivity contribution is 6.22. The van der Waals surface area contributed by atoms with E-state index in [0.29, 0.717) is 0 Å². The predicted molar refractivity (Wildman–Crippen MR) is 65.3 cm³/mol. The van der Waals surface area contributed by atoms with Gasteiger partial charge in [0, 0.05) is 5.56 Å². The van der Waals surface area contributed by atoms with Crippen LogP contribution < -0.4 is 5.69 Å². The molecule has 2 heterocycles. The van der Waals surface area contributed by atoms with Crippen molar-refractivity contribution in [3.8, 4) is 0 Å². The van der Waals surface area contributed by atoms with Gasteiger partial charge in [-0.3, -0.25) is 0 Å². The first kappa shape index (κ1) is 10.2. The molecule has 0 saturated carbocycles. The number of furan rings is 1. The van der Waals surface area contributed by atoms with Crippen LogP contribution in [0.5, 0.6) is 0 Å². The number of aromatic nitrogens is 2. The summed E-state index contributed by atoms with van der Waals surface area (Å²) in [6, 6.07) is 7.40. The van der Waals surface area contributed by atoms with Crippen molar-refractivity contribution < 1.29 is 4.42 Å². The number of hydrogen-bond donors (Lipinski definition) is 2. The molecule has 17 heavy (non-hydrogen) atoms. The lowest BCUT2D eigenvalue weighted by Crippen LogP contribution is -1.99. The maximum Gasteiger partial charge on any atom is 0.323 e. The second-order valence-corrected chi connectivity index (χ2v) is 4.24. The third-order valence-corrected chi connectivity index (χ3v) is 3.17. The Kier molecular flexibility index (Phi) is 2.30. The molecular formula is C12H9ClN2O2. The van der Waals surface area contributed by atoms with Crippen molar-refractivity contribution in [1.29, 1.82) is 0 Å². The van der Waals surface area contributed by atoms with Crippen molar-refractivity contribution in [2.75, 3.05) is 0 Å². The molecule has 3 rings (SSSR count). The minimum Gasteiger partial charge on any atom is -0.472 e. The first-order valence-electron chi connectivity index (χ1n) is 5.12. The number of aromatic amines is 2. The summed E-state index contributed by atoms with van der Waals surface area (Å²) in [5.74, 6) is 0. The zero-order valence-corrected chi connectivity index (χ0v) is 9.49. The number of hydrogen-bond acceptors (Lipinski definition) is 2. The highest BCUT2D eigenvalue weighted by atomic mass is 35.5. The maximum atomic E-state index is 11.1. The lowest BCUT2D eigenvalue weighted by molar-refractivity contribution is 0.564. The predicted octanol–water partition coefficient (Wildman–Crippen LogP) is 2.78. The zero-order valence-electron chi connectivity index (χ0n) is 8.74. The van der Waals surface area contributed by atoms with Gasteiger partial charge >= 0.3 is 5.69 Å². The van der Waals surface area contributed by atoms with Crippen LogP contribution in [0.1, 0.15) is 16.5 Å². The fraction of sp³-hybridized carbons (Fsp3) is 0.0833. The fourth-order valence-electron chi connectivity index (χ4n) is 1.82. The molecule has 0 bridgehead atoms. The van der Waals surface area contributed by atoms with E-state index in [1.54, 1.807) is 12.5 Å². The van der Waals surface area contributed by atoms with Crippen molar-refractivity contribution in [2.24, 2.45) is 0 Å². The molecule has 2 aromatic heterocycles. The molecule has 0 spiro atoms. The molecule has 5 heteroatoms. The van der Waals surface area contributed by atoms with E-state index in [-0.39, 0.29) is 11.1 Å². The summed E-state index contributed by atoms with van der Waals surface area (Å²) in [6.45, 7) is 0. The van der Waals surface area contributed by atoms with E-state index in [2.05, 4.69) is 9.97 Å². The Morgan fingerprint density at radius 1 is 1.12 bits per heavy atom. The van der Waals surface area contributed by atoms with Crippen molar-refractivity contribution in [1.82, 2.24) is 9.97 Å². The number of halogens is 1. The molecule has 1 aromatic carbocycles. The minimum absolute atomic E-state index is 0.216. The lowest BCUT2D eigenvalue weighted by atomic mass is 10.1. The topological polar surface area (TPSA) is 61.8 Å². The number of rotatable bonds is 2. The van der Waals surface area contributed by atoms with Gasteiger partial charge in [0.15, 0.2) is 0 Å². The van der Waals surface area contributed by atoms with Crippen molar-refractivity contribution in [3.63, 3.8) is 0 Å². The summed E-state index contributed by atoms with van der Waals surface area (Å²) < 4.78 is 5.00. The summed E-state index contributed by atoms with van der Waals surface area (Å²) in [5, 5.41) is -0.281. The van der Waals surface area contributed by atoms with Crippen LogP contribution in [0.4, 0.5) is 0 Å². The van der Waals surface area contributed by atoms with E-state index < -0.39 is 0 Å². The van der Waals surface area contributed by atoms with Crippen LogP contribution in [0.15, 0.2) is 46.0 Å². The number of H-pyrrole nitrogens is 2. The van der Waals surface area contributed by atoms with Gasteiger partial charge in [-0.25, -0.2) is 4.79 Å². The van der Waals surface area contributed by atoms with Gasteiger partial charge in [-0.1, -0.05) is 6.07 Å². The van der Waals surface area contributed by atoms with Crippen LogP contribution in [-0.4, -0.2) is 9.97 Å². The molecule has 86 valence electrons. The highest BCUT2D eigenvalue weighted by Gasteiger charge is 2.12. The summed E-state index contributed by atoms with van der Waals surface area (Å²) in [5.41, 5.74) is 3.11. The van der Waals surface area contributed by atoms with Gasteiger partial charge in [0.05, 0.1) is 28.9 Å². The Balaban J connectivity index is 2.08. The van der Waals surface area contributed by atoms with Gasteiger partial charge in [-0.05, 0) is 23.8 Å². The molecule has 2 N–H and O–H groups in total. The summed E-state index contributed by atoms with van der Waals surface area (Å²) >= 11 is 6.32. The lowest BCUT2D eigenvalue weighted by Gasteiger charge is -2.06. The standard InChI is InChI=1S/C12H9ClN2O2/c13-11(8-3-4-17-6-8)7-1-2-9-10(5-7)15-12(16)14-9/h1-6,11H,(H2,14,15,16).